The minimum absolute atomic E-state index is 0.234. The third kappa shape index (κ3) is 4.02. The summed E-state index contributed by atoms with van der Waals surface area (Å²) in [6.07, 6.45) is 0.234. The summed E-state index contributed by atoms with van der Waals surface area (Å²) in [4.78, 5) is 13.5. The van der Waals surface area contributed by atoms with E-state index in [2.05, 4.69) is 10.2 Å². The van der Waals surface area contributed by atoms with Crippen molar-refractivity contribution in [2.24, 2.45) is 5.73 Å². The van der Waals surface area contributed by atoms with Crippen molar-refractivity contribution in [3.63, 3.8) is 0 Å². The van der Waals surface area contributed by atoms with Crippen LogP contribution >= 0.6 is 0 Å². The summed E-state index contributed by atoms with van der Waals surface area (Å²) in [5.41, 5.74) is 6.98. The van der Waals surface area contributed by atoms with Crippen molar-refractivity contribution in [3.8, 4) is 0 Å². The molecule has 1 heterocycles. The predicted molar refractivity (Wildman–Crippen MR) is 73.9 cm³/mol. The maximum atomic E-state index is 11.2. The van der Waals surface area contributed by atoms with Crippen molar-refractivity contribution in [2.75, 3.05) is 33.3 Å². The molecular weight excluding hydrogens is 242 g/mol. The van der Waals surface area contributed by atoms with Crippen LogP contribution in [0.4, 0.5) is 0 Å². The number of nitrogens with one attached hydrogen (secondary N) is 1. The third-order valence-electron chi connectivity index (χ3n) is 3.27. The second-order valence-electron chi connectivity index (χ2n) is 4.85. The molecule has 19 heavy (non-hydrogen) atoms. The van der Waals surface area contributed by atoms with Gasteiger partial charge in [0.2, 0.25) is 5.91 Å². The monoisotopic (exact) mass is 263 g/mol. The summed E-state index contributed by atoms with van der Waals surface area (Å²) in [5, 5.41) is 3.13. The van der Waals surface area contributed by atoms with Gasteiger partial charge in [-0.3, -0.25) is 9.69 Å². The maximum Gasteiger partial charge on any atom is 0.248 e. The van der Waals surface area contributed by atoms with Crippen LogP contribution in [0.3, 0.4) is 0 Å². The van der Waals surface area contributed by atoms with Gasteiger partial charge >= 0.3 is 0 Å². The summed E-state index contributed by atoms with van der Waals surface area (Å²) in [6, 6.07) is 7.51. The molecule has 0 aromatic heterocycles. The molecule has 1 amide bonds. The van der Waals surface area contributed by atoms with Crippen molar-refractivity contribution in [3.05, 3.63) is 35.4 Å². The van der Waals surface area contributed by atoms with Gasteiger partial charge in [0.05, 0.1) is 12.7 Å². The first-order valence-electron chi connectivity index (χ1n) is 6.56. The topological polar surface area (TPSA) is 67.6 Å². The van der Waals surface area contributed by atoms with Gasteiger partial charge in [-0.25, -0.2) is 0 Å². The number of nitrogens with zero attached hydrogens (tertiary/aromatic N) is 1. The van der Waals surface area contributed by atoms with Crippen molar-refractivity contribution >= 4 is 5.91 Å². The van der Waals surface area contributed by atoms with E-state index in [0.717, 1.165) is 38.3 Å². The summed E-state index contributed by atoms with van der Waals surface area (Å²) in [7, 11) is 1.93. The predicted octanol–water partition coefficient (Wildman–Crippen LogP) is 0.206. The van der Waals surface area contributed by atoms with Crippen molar-refractivity contribution < 1.29 is 9.53 Å². The standard InChI is InChI=1S/C14H21N3O2/c1-16-8-13-10-17(5-6-19-13)9-11-3-2-4-12(7-11)14(15)18/h2-4,7,13,16H,5-6,8-10H2,1H3,(H2,15,18). The van der Waals surface area contributed by atoms with Crippen molar-refractivity contribution in [1.82, 2.24) is 10.2 Å². The molecule has 1 aromatic rings. The van der Waals surface area contributed by atoms with E-state index in [9.17, 15) is 4.79 Å². The third-order valence-corrected chi connectivity index (χ3v) is 3.27. The first-order chi connectivity index (χ1) is 9.19. The first-order valence-corrected chi connectivity index (χ1v) is 6.56. The second-order valence-corrected chi connectivity index (χ2v) is 4.85. The number of carbonyl (C=O) groups excluding carboxylic acids is 1. The Hall–Kier alpha value is -1.43. The molecule has 1 aliphatic heterocycles. The lowest BCUT2D eigenvalue weighted by Gasteiger charge is -2.32. The van der Waals surface area contributed by atoms with E-state index in [1.54, 1.807) is 6.07 Å². The van der Waals surface area contributed by atoms with Crippen LogP contribution in [-0.2, 0) is 11.3 Å². The van der Waals surface area contributed by atoms with Crippen LogP contribution in [0, 0.1) is 0 Å². The smallest absolute Gasteiger partial charge is 0.248 e. The Balaban J connectivity index is 1.96. The second kappa shape index (κ2) is 6.65. The fourth-order valence-electron chi connectivity index (χ4n) is 2.36. The molecule has 1 fully saturated rings. The van der Waals surface area contributed by atoms with Gasteiger partial charge in [-0.15, -0.1) is 0 Å². The molecule has 1 atom stereocenters. The molecule has 0 saturated carbocycles. The Labute approximate surface area is 113 Å². The summed E-state index contributed by atoms with van der Waals surface area (Å²) in [6.45, 7) is 4.26. The van der Waals surface area contributed by atoms with E-state index in [0.29, 0.717) is 5.56 Å². The van der Waals surface area contributed by atoms with Gasteiger partial charge in [-0.05, 0) is 24.7 Å². The van der Waals surface area contributed by atoms with Gasteiger partial charge in [0, 0.05) is 31.7 Å². The lowest BCUT2D eigenvalue weighted by atomic mass is 10.1. The largest absolute Gasteiger partial charge is 0.374 e. The number of amides is 1. The molecule has 1 aromatic carbocycles. The summed E-state index contributed by atoms with van der Waals surface area (Å²) in [5.74, 6) is -0.378. The van der Waals surface area contributed by atoms with E-state index >= 15 is 0 Å². The Kier molecular flexibility index (Phi) is 4.90. The minimum Gasteiger partial charge on any atom is -0.374 e. The highest BCUT2D eigenvalue weighted by Gasteiger charge is 2.19. The fraction of sp³-hybridized carbons (Fsp3) is 0.500. The fourth-order valence-corrected chi connectivity index (χ4v) is 2.36. The molecule has 0 bridgehead atoms. The quantitative estimate of drug-likeness (QED) is 0.796. The lowest BCUT2D eigenvalue weighted by molar-refractivity contribution is -0.0291. The number of carbonyl (C=O) groups is 1. The number of ether oxygens (including phenoxy) is 1. The Bertz CT molecular complexity index is 434. The Morgan fingerprint density at radius 3 is 3.16 bits per heavy atom. The molecule has 0 radical (unpaired) electrons. The van der Waals surface area contributed by atoms with Gasteiger partial charge < -0.3 is 15.8 Å². The molecule has 5 heteroatoms. The highest BCUT2D eigenvalue weighted by molar-refractivity contribution is 5.92. The number of morpholine rings is 1. The van der Waals surface area contributed by atoms with Crippen LogP contribution in [0.2, 0.25) is 0 Å². The first kappa shape index (κ1) is 14.0. The average molecular weight is 263 g/mol. The highest BCUT2D eigenvalue weighted by Crippen LogP contribution is 2.11. The van der Waals surface area contributed by atoms with E-state index in [1.807, 2.05) is 25.2 Å². The molecule has 0 spiro atoms. The number of primary amides is 1. The molecule has 1 saturated heterocycles. The number of benzene rings is 1. The molecule has 5 nitrogen and oxygen atoms in total. The van der Waals surface area contributed by atoms with Gasteiger partial charge in [-0.2, -0.15) is 0 Å². The van der Waals surface area contributed by atoms with E-state index < -0.39 is 0 Å². The van der Waals surface area contributed by atoms with E-state index in [1.165, 1.54) is 0 Å². The van der Waals surface area contributed by atoms with Crippen LogP contribution in [0.15, 0.2) is 24.3 Å². The van der Waals surface area contributed by atoms with Crippen molar-refractivity contribution in [1.29, 1.82) is 0 Å². The van der Waals surface area contributed by atoms with Gasteiger partial charge in [0.15, 0.2) is 0 Å². The lowest BCUT2D eigenvalue weighted by Crippen LogP contribution is -2.45. The molecular formula is C14H21N3O2. The van der Waals surface area contributed by atoms with Crippen LogP contribution in [0.1, 0.15) is 15.9 Å². The zero-order valence-electron chi connectivity index (χ0n) is 11.3. The molecule has 3 N–H and O–H groups in total. The Morgan fingerprint density at radius 2 is 2.42 bits per heavy atom. The van der Waals surface area contributed by atoms with Crippen LogP contribution < -0.4 is 11.1 Å². The van der Waals surface area contributed by atoms with E-state index in [-0.39, 0.29) is 12.0 Å². The number of hydrogen-bond acceptors (Lipinski definition) is 4. The number of likely N-dealkylation sites (N-methyl/N-ethyl adjacent to an activating group) is 1. The SMILES string of the molecule is CNCC1CN(Cc2cccc(C(N)=O)c2)CCO1. The normalized spacial score (nSPS) is 20.4. The minimum atomic E-state index is -0.378. The molecule has 1 unspecified atom stereocenters. The van der Waals surface area contributed by atoms with E-state index in [4.69, 9.17) is 10.5 Å². The van der Waals surface area contributed by atoms with Crippen molar-refractivity contribution in [2.45, 2.75) is 12.6 Å². The zero-order valence-corrected chi connectivity index (χ0v) is 11.3. The number of rotatable bonds is 5. The van der Waals surface area contributed by atoms with Gasteiger partial charge in [0.25, 0.3) is 0 Å². The average Bonchev–Trinajstić information content (AvgIpc) is 2.40. The Morgan fingerprint density at radius 1 is 1.58 bits per heavy atom. The molecule has 2 rings (SSSR count). The number of hydrogen-bond donors (Lipinski definition) is 2. The summed E-state index contributed by atoms with van der Waals surface area (Å²) >= 11 is 0. The van der Waals surface area contributed by atoms with Gasteiger partial charge in [0.1, 0.15) is 0 Å². The summed E-state index contributed by atoms with van der Waals surface area (Å²) < 4.78 is 5.67. The van der Waals surface area contributed by atoms with Gasteiger partial charge in [-0.1, -0.05) is 12.1 Å². The molecule has 0 aliphatic carbocycles. The molecule has 104 valence electrons. The molecule has 1 aliphatic rings. The zero-order chi connectivity index (χ0) is 13.7. The van der Waals surface area contributed by atoms with Crippen LogP contribution in [0.5, 0.6) is 0 Å². The maximum absolute atomic E-state index is 11.2. The number of nitrogens with two attached hydrogens (primary N) is 1. The van der Waals surface area contributed by atoms with Crippen LogP contribution in [0.25, 0.3) is 0 Å². The van der Waals surface area contributed by atoms with Crippen LogP contribution in [-0.4, -0.2) is 50.2 Å². The highest BCUT2D eigenvalue weighted by atomic mass is 16.5.